The topological polar surface area (TPSA) is 93.0 Å². The van der Waals surface area contributed by atoms with Gasteiger partial charge in [-0.1, -0.05) is 11.6 Å². The molecule has 1 aliphatic rings. The standard InChI is InChI=1S/C21H21ClN6O2/c22-17-8-4-15(5-9-17)20-24-26-28(25-20)14-19(29)23-18-10-6-16(7-11-18)21(30)27-12-2-1-3-13-27/h4-11H,1-3,12-14H2,(H,23,29). The molecule has 1 N–H and O–H groups in total. The van der Waals surface area contributed by atoms with Gasteiger partial charge in [0.1, 0.15) is 6.54 Å². The van der Waals surface area contributed by atoms with E-state index in [1.54, 1.807) is 48.5 Å². The van der Waals surface area contributed by atoms with Crippen LogP contribution in [0.3, 0.4) is 0 Å². The summed E-state index contributed by atoms with van der Waals surface area (Å²) in [6.45, 7) is 1.54. The lowest BCUT2D eigenvalue weighted by Crippen LogP contribution is -2.35. The number of carbonyl (C=O) groups is 2. The van der Waals surface area contributed by atoms with E-state index in [0.717, 1.165) is 31.5 Å². The van der Waals surface area contributed by atoms with Gasteiger partial charge in [-0.3, -0.25) is 9.59 Å². The largest absolute Gasteiger partial charge is 0.339 e. The van der Waals surface area contributed by atoms with Gasteiger partial charge in [0.05, 0.1) is 0 Å². The Morgan fingerprint density at radius 1 is 0.967 bits per heavy atom. The van der Waals surface area contributed by atoms with E-state index in [1.807, 2.05) is 4.90 Å². The highest BCUT2D eigenvalue weighted by Crippen LogP contribution is 2.17. The number of rotatable bonds is 5. The quantitative estimate of drug-likeness (QED) is 0.678. The monoisotopic (exact) mass is 424 g/mol. The number of piperidine rings is 1. The maximum atomic E-state index is 12.5. The Labute approximate surface area is 178 Å². The predicted molar refractivity (Wildman–Crippen MR) is 113 cm³/mol. The van der Waals surface area contributed by atoms with Crippen LogP contribution < -0.4 is 5.32 Å². The molecule has 0 spiro atoms. The lowest BCUT2D eigenvalue weighted by molar-refractivity contribution is -0.117. The Bertz CT molecular complexity index is 1030. The van der Waals surface area contributed by atoms with Crippen molar-refractivity contribution in [1.29, 1.82) is 0 Å². The Morgan fingerprint density at radius 2 is 1.67 bits per heavy atom. The van der Waals surface area contributed by atoms with Crippen molar-refractivity contribution in [3.05, 3.63) is 59.1 Å². The molecule has 1 aliphatic heterocycles. The third-order valence-electron chi connectivity index (χ3n) is 4.90. The Morgan fingerprint density at radius 3 is 2.37 bits per heavy atom. The number of carbonyl (C=O) groups excluding carboxylic acids is 2. The van der Waals surface area contributed by atoms with Gasteiger partial charge in [-0.2, -0.15) is 4.80 Å². The molecule has 154 valence electrons. The molecular formula is C21H21ClN6O2. The zero-order valence-corrected chi connectivity index (χ0v) is 17.0. The summed E-state index contributed by atoms with van der Waals surface area (Å²) in [5, 5.41) is 15.5. The second-order valence-electron chi connectivity index (χ2n) is 7.13. The van der Waals surface area contributed by atoms with Gasteiger partial charge in [0.25, 0.3) is 5.91 Å². The lowest BCUT2D eigenvalue weighted by atomic mass is 10.1. The molecule has 1 aromatic heterocycles. The van der Waals surface area contributed by atoms with Crippen molar-refractivity contribution in [1.82, 2.24) is 25.1 Å². The predicted octanol–water partition coefficient (Wildman–Crippen LogP) is 3.26. The smallest absolute Gasteiger partial charge is 0.253 e. The number of aromatic nitrogens is 4. The van der Waals surface area contributed by atoms with E-state index < -0.39 is 0 Å². The molecule has 3 aromatic rings. The van der Waals surface area contributed by atoms with Crippen molar-refractivity contribution in [2.24, 2.45) is 0 Å². The van der Waals surface area contributed by atoms with Crippen LogP contribution >= 0.6 is 11.6 Å². The van der Waals surface area contributed by atoms with E-state index in [2.05, 4.69) is 20.7 Å². The summed E-state index contributed by atoms with van der Waals surface area (Å²) >= 11 is 5.88. The van der Waals surface area contributed by atoms with Gasteiger partial charge in [-0.05, 0) is 73.0 Å². The molecule has 4 rings (SSSR count). The van der Waals surface area contributed by atoms with E-state index in [1.165, 1.54) is 11.2 Å². The van der Waals surface area contributed by atoms with Gasteiger partial charge in [-0.15, -0.1) is 10.2 Å². The molecule has 1 saturated heterocycles. The van der Waals surface area contributed by atoms with E-state index in [-0.39, 0.29) is 18.4 Å². The van der Waals surface area contributed by atoms with Gasteiger partial charge in [-0.25, -0.2) is 0 Å². The number of likely N-dealkylation sites (tertiary alicyclic amines) is 1. The van der Waals surface area contributed by atoms with E-state index >= 15 is 0 Å². The van der Waals surface area contributed by atoms with Crippen LogP contribution in [0.15, 0.2) is 48.5 Å². The zero-order chi connectivity index (χ0) is 20.9. The minimum atomic E-state index is -0.287. The summed E-state index contributed by atoms with van der Waals surface area (Å²) < 4.78 is 0. The molecule has 30 heavy (non-hydrogen) atoms. The third kappa shape index (κ3) is 4.83. The van der Waals surface area contributed by atoms with E-state index in [9.17, 15) is 9.59 Å². The molecule has 0 unspecified atom stereocenters. The molecule has 2 amide bonds. The molecule has 0 aliphatic carbocycles. The van der Waals surface area contributed by atoms with Crippen molar-refractivity contribution in [2.45, 2.75) is 25.8 Å². The summed E-state index contributed by atoms with van der Waals surface area (Å²) in [7, 11) is 0. The van der Waals surface area contributed by atoms with Gasteiger partial charge in [0.15, 0.2) is 0 Å². The van der Waals surface area contributed by atoms with Gasteiger partial charge < -0.3 is 10.2 Å². The van der Waals surface area contributed by atoms with Crippen LogP contribution in [0.4, 0.5) is 5.69 Å². The normalized spacial score (nSPS) is 13.8. The van der Waals surface area contributed by atoms with Crippen LogP contribution in [-0.2, 0) is 11.3 Å². The molecular weight excluding hydrogens is 404 g/mol. The maximum absolute atomic E-state index is 12.5. The average Bonchev–Trinajstić information content (AvgIpc) is 3.23. The van der Waals surface area contributed by atoms with Crippen molar-refractivity contribution in [2.75, 3.05) is 18.4 Å². The summed E-state index contributed by atoms with van der Waals surface area (Å²) in [6, 6.07) is 14.0. The highest BCUT2D eigenvalue weighted by atomic mass is 35.5. The fraction of sp³-hybridized carbons (Fsp3) is 0.286. The van der Waals surface area contributed by atoms with Crippen molar-refractivity contribution in [3.8, 4) is 11.4 Å². The lowest BCUT2D eigenvalue weighted by Gasteiger charge is -2.26. The number of amides is 2. The van der Waals surface area contributed by atoms with Crippen molar-refractivity contribution < 1.29 is 9.59 Å². The highest BCUT2D eigenvalue weighted by molar-refractivity contribution is 6.30. The van der Waals surface area contributed by atoms with Crippen molar-refractivity contribution >= 4 is 29.1 Å². The Kier molecular flexibility index (Phi) is 6.04. The number of tetrazole rings is 1. The molecule has 0 saturated carbocycles. The van der Waals surface area contributed by atoms with Gasteiger partial charge in [0, 0.05) is 34.9 Å². The average molecular weight is 425 g/mol. The number of benzene rings is 2. The minimum absolute atomic E-state index is 0.0362. The second-order valence-corrected chi connectivity index (χ2v) is 7.57. The first-order chi connectivity index (χ1) is 14.6. The number of hydrogen-bond acceptors (Lipinski definition) is 5. The highest BCUT2D eigenvalue weighted by Gasteiger charge is 2.18. The molecule has 1 fully saturated rings. The fourth-order valence-corrected chi connectivity index (χ4v) is 3.46. The van der Waals surface area contributed by atoms with Crippen LogP contribution in [0.5, 0.6) is 0 Å². The van der Waals surface area contributed by atoms with Gasteiger partial charge in [0.2, 0.25) is 11.7 Å². The first kappa shape index (κ1) is 20.0. The van der Waals surface area contributed by atoms with E-state index in [0.29, 0.717) is 22.1 Å². The number of anilines is 1. The zero-order valence-electron chi connectivity index (χ0n) is 16.3. The Hall–Kier alpha value is -3.26. The van der Waals surface area contributed by atoms with Crippen LogP contribution in [0.25, 0.3) is 11.4 Å². The number of hydrogen-bond donors (Lipinski definition) is 1. The number of nitrogens with one attached hydrogen (secondary N) is 1. The van der Waals surface area contributed by atoms with E-state index in [4.69, 9.17) is 11.6 Å². The molecule has 0 atom stereocenters. The molecule has 0 bridgehead atoms. The van der Waals surface area contributed by atoms with Crippen molar-refractivity contribution in [3.63, 3.8) is 0 Å². The van der Waals surface area contributed by atoms with Crippen LogP contribution in [0, 0.1) is 0 Å². The van der Waals surface area contributed by atoms with Crippen LogP contribution in [0.2, 0.25) is 5.02 Å². The molecule has 9 heteroatoms. The summed E-state index contributed by atoms with van der Waals surface area (Å²) in [5.74, 6) is 0.166. The maximum Gasteiger partial charge on any atom is 0.253 e. The van der Waals surface area contributed by atoms with Crippen LogP contribution in [-0.4, -0.2) is 50.0 Å². The first-order valence-electron chi connectivity index (χ1n) is 9.81. The summed E-state index contributed by atoms with van der Waals surface area (Å²) in [4.78, 5) is 27.9. The Balaban J connectivity index is 1.34. The summed E-state index contributed by atoms with van der Waals surface area (Å²) in [5.41, 5.74) is 1.99. The van der Waals surface area contributed by atoms with Gasteiger partial charge >= 0.3 is 0 Å². The SMILES string of the molecule is O=C(Cn1nnc(-c2ccc(Cl)cc2)n1)Nc1ccc(C(=O)N2CCCCC2)cc1. The molecule has 2 heterocycles. The minimum Gasteiger partial charge on any atom is -0.339 e. The second kappa shape index (κ2) is 9.04. The summed E-state index contributed by atoms with van der Waals surface area (Å²) in [6.07, 6.45) is 3.28. The third-order valence-corrected chi connectivity index (χ3v) is 5.15. The number of nitrogens with zero attached hydrogens (tertiary/aromatic N) is 5. The fourth-order valence-electron chi connectivity index (χ4n) is 3.33. The molecule has 8 nitrogen and oxygen atoms in total. The number of halogens is 1. The first-order valence-corrected chi connectivity index (χ1v) is 10.2. The molecule has 0 radical (unpaired) electrons. The van der Waals surface area contributed by atoms with Crippen LogP contribution in [0.1, 0.15) is 29.6 Å². The molecule has 2 aromatic carbocycles.